The highest BCUT2D eigenvalue weighted by Gasteiger charge is 2.75. The van der Waals surface area contributed by atoms with Crippen LogP contribution in [0.4, 0.5) is 22.7 Å². The number of nitro groups is 2. The van der Waals surface area contributed by atoms with Gasteiger partial charge < -0.3 is 0 Å². The van der Waals surface area contributed by atoms with Crippen molar-refractivity contribution >= 4 is 46.4 Å². The van der Waals surface area contributed by atoms with Gasteiger partial charge in [0.1, 0.15) is 0 Å². The van der Waals surface area contributed by atoms with Gasteiger partial charge in [-0.1, -0.05) is 42.5 Å². The van der Waals surface area contributed by atoms with Crippen LogP contribution < -0.4 is 9.80 Å². The lowest BCUT2D eigenvalue weighted by Crippen LogP contribution is -2.60. The van der Waals surface area contributed by atoms with Crippen molar-refractivity contribution in [1.29, 1.82) is 0 Å². The molecule has 2 aliphatic heterocycles. The van der Waals surface area contributed by atoms with E-state index < -0.39 is 68.5 Å². The first-order valence-electron chi connectivity index (χ1n) is 13.2. The number of nitro benzene ring substituents is 2. The summed E-state index contributed by atoms with van der Waals surface area (Å²) < 4.78 is 0. The first-order chi connectivity index (χ1) is 20.2. The van der Waals surface area contributed by atoms with Crippen molar-refractivity contribution in [3.8, 4) is 0 Å². The molecule has 4 amide bonds. The smallest absolute Gasteiger partial charge is 0.269 e. The van der Waals surface area contributed by atoms with E-state index in [1.165, 1.54) is 48.5 Å². The van der Waals surface area contributed by atoms with Gasteiger partial charge in [-0.15, -0.1) is 0 Å². The Morgan fingerprint density at radius 2 is 1.02 bits per heavy atom. The Bertz CT molecular complexity index is 1650. The number of benzene rings is 3. The first-order valence-corrected chi connectivity index (χ1v) is 13.2. The molecule has 3 aliphatic carbocycles. The molecule has 12 heteroatoms. The number of hydrogen-bond acceptors (Lipinski definition) is 8. The lowest BCUT2D eigenvalue weighted by atomic mass is 9.45. The lowest BCUT2D eigenvalue weighted by Gasteiger charge is -2.53. The van der Waals surface area contributed by atoms with Crippen molar-refractivity contribution in [3.63, 3.8) is 0 Å². The lowest BCUT2D eigenvalue weighted by molar-refractivity contribution is -0.385. The van der Waals surface area contributed by atoms with Gasteiger partial charge in [-0.25, -0.2) is 9.80 Å². The van der Waals surface area contributed by atoms with Crippen LogP contribution in [0, 0.1) is 49.8 Å². The van der Waals surface area contributed by atoms with Gasteiger partial charge in [0.25, 0.3) is 11.4 Å². The number of carbonyl (C=O) groups is 4. The fourth-order valence-electron chi connectivity index (χ4n) is 7.43. The SMILES string of the molecule is O=C1C2C3C=CC(c4ccccc4)(C2C(=O)N1c1ccc([N+](=O)[O-])cc1)C1C(=O)N(c2ccc([N+](=O)[O-])cc2)C(=O)C31. The number of carbonyl (C=O) groups excluding carboxylic acids is 4. The summed E-state index contributed by atoms with van der Waals surface area (Å²) in [5, 5.41) is 22.3. The number of allylic oxidation sites excluding steroid dienone is 2. The molecule has 1 saturated carbocycles. The quantitative estimate of drug-likeness (QED) is 0.197. The van der Waals surface area contributed by atoms with Gasteiger partial charge in [-0.05, 0) is 29.8 Å². The van der Waals surface area contributed by atoms with Crippen LogP contribution >= 0.6 is 0 Å². The van der Waals surface area contributed by atoms with E-state index in [1.807, 2.05) is 0 Å². The van der Waals surface area contributed by atoms with Crippen LogP contribution in [0.1, 0.15) is 5.56 Å². The summed E-state index contributed by atoms with van der Waals surface area (Å²) in [4.78, 5) is 79.7. The van der Waals surface area contributed by atoms with Crippen molar-refractivity contribution in [3.05, 3.63) is 117 Å². The van der Waals surface area contributed by atoms with Crippen LogP contribution in [-0.2, 0) is 24.6 Å². The van der Waals surface area contributed by atoms with Crippen molar-refractivity contribution in [2.45, 2.75) is 5.41 Å². The monoisotopic (exact) mass is 564 g/mol. The van der Waals surface area contributed by atoms with Crippen LogP contribution in [0.2, 0.25) is 0 Å². The molecule has 0 N–H and O–H groups in total. The van der Waals surface area contributed by atoms with E-state index in [-0.39, 0.29) is 22.7 Å². The van der Waals surface area contributed by atoms with Crippen LogP contribution in [0.5, 0.6) is 0 Å². The summed E-state index contributed by atoms with van der Waals surface area (Å²) in [5.41, 5.74) is -0.797. The van der Waals surface area contributed by atoms with Gasteiger partial charge in [-0.3, -0.25) is 39.4 Å². The normalized spacial score (nSPS) is 29.2. The Morgan fingerprint density at radius 3 is 1.43 bits per heavy atom. The predicted molar refractivity (Wildman–Crippen MR) is 146 cm³/mol. The predicted octanol–water partition coefficient (Wildman–Crippen LogP) is 3.55. The zero-order chi connectivity index (χ0) is 29.5. The summed E-state index contributed by atoms with van der Waals surface area (Å²) in [6.45, 7) is 0. The van der Waals surface area contributed by atoms with Crippen molar-refractivity contribution in [1.82, 2.24) is 0 Å². The molecule has 4 atom stereocenters. The molecule has 3 aromatic rings. The number of amides is 4. The highest BCUT2D eigenvalue weighted by atomic mass is 16.6. The minimum atomic E-state index is -1.34. The summed E-state index contributed by atoms with van der Waals surface area (Å²) in [6.07, 6.45) is 3.54. The zero-order valence-corrected chi connectivity index (χ0v) is 21.6. The van der Waals surface area contributed by atoms with E-state index in [2.05, 4.69) is 0 Å². The fourth-order valence-corrected chi connectivity index (χ4v) is 7.43. The van der Waals surface area contributed by atoms with Gasteiger partial charge in [0.15, 0.2) is 0 Å². The number of non-ortho nitro benzene ring substituents is 2. The van der Waals surface area contributed by atoms with E-state index in [0.717, 1.165) is 9.80 Å². The summed E-state index contributed by atoms with van der Waals surface area (Å²) in [6, 6.07) is 19.0. The molecule has 0 aromatic heterocycles. The van der Waals surface area contributed by atoms with Gasteiger partial charge in [0, 0.05) is 35.6 Å². The van der Waals surface area contributed by atoms with Crippen LogP contribution in [-0.4, -0.2) is 33.5 Å². The van der Waals surface area contributed by atoms with Gasteiger partial charge in [-0.2, -0.15) is 0 Å². The number of nitrogens with zero attached hydrogens (tertiary/aromatic N) is 4. The standard InChI is InChI=1S/C30H20N4O8/c35-26-22-21-14-15-30(16-4-2-1-3-5-16,24(22)28(37)31(26)17-6-10-19(11-7-17)33(39)40)25-23(21)27(36)32(29(25)38)18-8-12-20(13-9-18)34(41)42/h1-15,21-25H. The molecule has 3 fully saturated rings. The molecule has 4 unspecified atom stereocenters. The molecule has 208 valence electrons. The fraction of sp³-hybridized carbons (Fsp3) is 0.200. The second-order valence-electron chi connectivity index (χ2n) is 10.8. The van der Waals surface area contributed by atoms with Crippen molar-refractivity contribution in [2.24, 2.45) is 29.6 Å². The maximum atomic E-state index is 14.2. The maximum Gasteiger partial charge on any atom is 0.269 e. The van der Waals surface area contributed by atoms with E-state index in [0.29, 0.717) is 5.56 Å². The first kappa shape index (κ1) is 25.4. The molecule has 5 aliphatic rings. The summed E-state index contributed by atoms with van der Waals surface area (Å²) >= 11 is 0. The molecule has 42 heavy (non-hydrogen) atoms. The molecular weight excluding hydrogens is 544 g/mol. The van der Waals surface area contributed by atoms with Gasteiger partial charge in [0.2, 0.25) is 23.6 Å². The summed E-state index contributed by atoms with van der Waals surface area (Å²) in [5.74, 6) is -6.86. The third-order valence-corrected chi connectivity index (χ3v) is 9.07. The Morgan fingerprint density at radius 1 is 0.595 bits per heavy atom. The molecule has 8 rings (SSSR count). The Labute approximate surface area is 237 Å². The number of hydrogen-bond donors (Lipinski definition) is 0. The zero-order valence-electron chi connectivity index (χ0n) is 21.6. The molecule has 3 aromatic carbocycles. The Hall–Kier alpha value is -5.52. The second-order valence-corrected chi connectivity index (χ2v) is 10.8. The topological polar surface area (TPSA) is 161 Å². The van der Waals surface area contributed by atoms with E-state index in [4.69, 9.17) is 0 Å². The Kier molecular flexibility index (Phi) is 5.29. The second kappa shape index (κ2) is 8.74. The number of rotatable bonds is 5. The highest BCUT2D eigenvalue weighted by molar-refractivity contribution is 6.27. The molecule has 2 heterocycles. The van der Waals surface area contributed by atoms with Crippen molar-refractivity contribution in [2.75, 3.05) is 9.80 Å². The molecule has 2 saturated heterocycles. The minimum Gasteiger partial charge on any atom is -0.274 e. The average Bonchev–Trinajstić information content (AvgIpc) is 3.44. The summed E-state index contributed by atoms with van der Waals surface area (Å²) in [7, 11) is 0. The molecule has 0 spiro atoms. The van der Waals surface area contributed by atoms with Gasteiger partial charge >= 0.3 is 0 Å². The average molecular weight is 565 g/mol. The molecule has 0 radical (unpaired) electrons. The maximum absolute atomic E-state index is 14.2. The number of imide groups is 2. The van der Waals surface area contributed by atoms with Crippen LogP contribution in [0.3, 0.4) is 0 Å². The highest BCUT2D eigenvalue weighted by Crippen LogP contribution is 2.65. The van der Waals surface area contributed by atoms with Crippen LogP contribution in [0.25, 0.3) is 0 Å². The van der Waals surface area contributed by atoms with Crippen LogP contribution in [0.15, 0.2) is 91.0 Å². The molecule has 2 bridgehead atoms. The minimum absolute atomic E-state index is 0.169. The third kappa shape index (κ3) is 3.17. The van der Waals surface area contributed by atoms with Crippen molar-refractivity contribution < 1.29 is 29.0 Å². The van der Waals surface area contributed by atoms with E-state index in [1.54, 1.807) is 42.5 Å². The Balaban J connectivity index is 1.37. The molecule has 12 nitrogen and oxygen atoms in total. The number of anilines is 2. The largest absolute Gasteiger partial charge is 0.274 e. The third-order valence-electron chi connectivity index (χ3n) is 9.07. The van der Waals surface area contributed by atoms with E-state index >= 15 is 0 Å². The van der Waals surface area contributed by atoms with Gasteiger partial charge in [0.05, 0.1) is 44.9 Å². The van der Waals surface area contributed by atoms with E-state index in [9.17, 15) is 39.4 Å². The molecular formula is C30H20N4O8.